The lowest BCUT2D eigenvalue weighted by Crippen LogP contribution is -2.54. The fourth-order valence-corrected chi connectivity index (χ4v) is 2.99. The smallest absolute Gasteiger partial charge is 0.244 e. The fraction of sp³-hybridized carbons (Fsp3) is 0.500. The predicted octanol–water partition coefficient (Wildman–Crippen LogP) is 1.98. The topological polar surface area (TPSA) is 75.3 Å². The summed E-state index contributed by atoms with van der Waals surface area (Å²) in [4.78, 5) is 12.5. The van der Waals surface area contributed by atoms with E-state index in [0.29, 0.717) is 5.69 Å². The summed E-state index contributed by atoms with van der Waals surface area (Å²) in [6.07, 6.45) is 4.02. The highest BCUT2D eigenvalue weighted by Crippen LogP contribution is 2.22. The van der Waals surface area contributed by atoms with Crippen LogP contribution in [0.4, 0.5) is 5.69 Å². The van der Waals surface area contributed by atoms with Crippen LogP contribution in [0, 0.1) is 0 Å². The summed E-state index contributed by atoms with van der Waals surface area (Å²) in [6, 6.07) is 6.33. The molecule has 0 aromatic heterocycles. The van der Waals surface area contributed by atoms with Crippen LogP contribution in [0.3, 0.4) is 0 Å². The van der Waals surface area contributed by atoms with Crippen molar-refractivity contribution in [1.82, 2.24) is 5.32 Å². The van der Waals surface area contributed by atoms with Crippen LogP contribution < -0.4 is 10.6 Å². The van der Waals surface area contributed by atoms with Crippen LogP contribution in [0.25, 0.3) is 0 Å². The molecule has 0 bridgehead atoms. The highest BCUT2D eigenvalue weighted by molar-refractivity contribution is 7.90. The summed E-state index contributed by atoms with van der Waals surface area (Å²) in [5.74, 6) is -0.122. The monoisotopic (exact) mass is 332 g/mol. The van der Waals surface area contributed by atoms with Crippen LogP contribution >= 0.6 is 12.4 Å². The number of carbonyl (C=O) groups excluding carboxylic acids is 1. The third-order valence-electron chi connectivity index (χ3n) is 3.64. The number of sulfone groups is 1. The van der Waals surface area contributed by atoms with Gasteiger partial charge in [0.25, 0.3) is 0 Å². The third kappa shape index (κ3) is 4.43. The number of piperidine rings is 1. The Morgan fingerprint density at radius 2 is 2.05 bits per heavy atom. The first kappa shape index (κ1) is 17.9. The zero-order valence-corrected chi connectivity index (χ0v) is 13.8. The maximum atomic E-state index is 12.3. The van der Waals surface area contributed by atoms with E-state index >= 15 is 0 Å². The minimum absolute atomic E-state index is 0. The summed E-state index contributed by atoms with van der Waals surface area (Å²) < 4.78 is 23.0. The second kappa shape index (κ2) is 6.77. The van der Waals surface area contributed by atoms with Crippen molar-refractivity contribution in [3.63, 3.8) is 0 Å². The summed E-state index contributed by atoms with van der Waals surface area (Å²) in [5.41, 5.74) is -0.0779. The van der Waals surface area contributed by atoms with E-state index in [4.69, 9.17) is 0 Å². The quantitative estimate of drug-likeness (QED) is 0.887. The summed E-state index contributed by atoms with van der Waals surface area (Å²) in [7, 11) is -3.27. The number of halogens is 1. The third-order valence-corrected chi connectivity index (χ3v) is 4.75. The molecule has 0 spiro atoms. The molecule has 0 aliphatic carbocycles. The van der Waals surface area contributed by atoms with Crippen LogP contribution in [0.5, 0.6) is 0 Å². The van der Waals surface area contributed by atoms with Crippen LogP contribution in [0.1, 0.15) is 26.2 Å². The molecule has 7 heteroatoms. The van der Waals surface area contributed by atoms with Crippen molar-refractivity contribution in [3.8, 4) is 0 Å². The number of nitrogens with one attached hydrogen (secondary N) is 2. The second-order valence-corrected chi connectivity index (χ2v) is 7.49. The number of hydrogen-bond acceptors (Lipinski definition) is 4. The first-order valence-electron chi connectivity index (χ1n) is 6.68. The molecule has 2 rings (SSSR count). The number of carbonyl (C=O) groups is 1. The first-order chi connectivity index (χ1) is 9.31. The maximum absolute atomic E-state index is 12.3. The molecule has 1 fully saturated rings. The molecule has 1 saturated heterocycles. The molecule has 1 aromatic carbocycles. The van der Waals surface area contributed by atoms with E-state index in [0.717, 1.165) is 32.1 Å². The van der Waals surface area contributed by atoms with Crippen LogP contribution in [0.15, 0.2) is 29.2 Å². The SMILES string of the molecule is CC1(C(=O)Nc2cccc(S(C)(=O)=O)c2)CCCCN1.Cl. The van der Waals surface area contributed by atoms with Crippen LogP contribution in [-0.2, 0) is 14.6 Å². The predicted molar refractivity (Wildman–Crippen MR) is 85.7 cm³/mol. The second-order valence-electron chi connectivity index (χ2n) is 5.47. The van der Waals surface area contributed by atoms with Gasteiger partial charge < -0.3 is 10.6 Å². The standard InChI is InChI=1S/C14H20N2O3S.ClH/c1-14(8-3-4-9-15-14)13(17)16-11-6-5-7-12(10-11)20(2,18)19;/h5-7,10,15H,3-4,8-9H2,1-2H3,(H,16,17);1H. The minimum atomic E-state index is -3.27. The molecule has 21 heavy (non-hydrogen) atoms. The van der Waals surface area contributed by atoms with E-state index in [1.54, 1.807) is 12.1 Å². The van der Waals surface area contributed by atoms with Gasteiger partial charge in [-0.1, -0.05) is 6.07 Å². The van der Waals surface area contributed by atoms with Crippen molar-refractivity contribution < 1.29 is 13.2 Å². The zero-order valence-electron chi connectivity index (χ0n) is 12.2. The van der Waals surface area contributed by atoms with Gasteiger partial charge in [0.15, 0.2) is 9.84 Å². The van der Waals surface area contributed by atoms with Gasteiger partial charge >= 0.3 is 0 Å². The Morgan fingerprint density at radius 1 is 1.33 bits per heavy atom. The van der Waals surface area contributed by atoms with E-state index in [9.17, 15) is 13.2 Å². The molecule has 1 atom stereocenters. The molecule has 0 saturated carbocycles. The molecule has 1 aliphatic rings. The average Bonchev–Trinajstić information content (AvgIpc) is 2.39. The lowest BCUT2D eigenvalue weighted by Gasteiger charge is -2.33. The molecule has 118 valence electrons. The molecular weight excluding hydrogens is 312 g/mol. The van der Waals surface area contributed by atoms with Gasteiger partial charge in [0.05, 0.1) is 10.4 Å². The Balaban J connectivity index is 0.00000220. The van der Waals surface area contributed by atoms with E-state index in [2.05, 4.69) is 10.6 Å². The largest absolute Gasteiger partial charge is 0.324 e. The van der Waals surface area contributed by atoms with Crippen LogP contribution in [0.2, 0.25) is 0 Å². The Labute approximate surface area is 131 Å². The van der Waals surface area contributed by atoms with E-state index in [-0.39, 0.29) is 23.2 Å². The number of hydrogen-bond donors (Lipinski definition) is 2. The van der Waals surface area contributed by atoms with Gasteiger partial charge in [0.1, 0.15) is 0 Å². The van der Waals surface area contributed by atoms with E-state index < -0.39 is 15.4 Å². The Morgan fingerprint density at radius 3 is 2.62 bits per heavy atom. The first-order valence-corrected chi connectivity index (χ1v) is 8.57. The number of amides is 1. The molecule has 1 heterocycles. The summed E-state index contributed by atoms with van der Waals surface area (Å²) in [6.45, 7) is 2.70. The molecule has 1 unspecified atom stereocenters. The fourth-order valence-electron chi connectivity index (χ4n) is 2.32. The number of rotatable bonds is 3. The Bertz CT molecular complexity index is 610. The minimum Gasteiger partial charge on any atom is -0.324 e. The van der Waals surface area contributed by atoms with Crippen molar-refractivity contribution in [3.05, 3.63) is 24.3 Å². The van der Waals surface area contributed by atoms with Gasteiger partial charge in [-0.25, -0.2) is 8.42 Å². The average molecular weight is 333 g/mol. The van der Waals surface area contributed by atoms with Gasteiger partial charge in [0, 0.05) is 11.9 Å². The van der Waals surface area contributed by atoms with Gasteiger partial charge in [-0.2, -0.15) is 0 Å². The molecule has 2 N–H and O–H groups in total. The lowest BCUT2D eigenvalue weighted by atomic mass is 9.90. The number of anilines is 1. The maximum Gasteiger partial charge on any atom is 0.244 e. The van der Waals surface area contributed by atoms with Gasteiger partial charge in [-0.3, -0.25) is 4.79 Å². The molecule has 0 radical (unpaired) electrons. The zero-order chi connectivity index (χ0) is 14.8. The molecular formula is C14H21ClN2O3S. The summed E-state index contributed by atoms with van der Waals surface area (Å²) >= 11 is 0. The van der Waals surface area contributed by atoms with E-state index in [1.807, 2.05) is 6.92 Å². The van der Waals surface area contributed by atoms with Gasteiger partial charge in [-0.05, 0) is 50.9 Å². The van der Waals surface area contributed by atoms with Gasteiger partial charge in [0.2, 0.25) is 5.91 Å². The lowest BCUT2D eigenvalue weighted by molar-refractivity contribution is -0.122. The van der Waals surface area contributed by atoms with Crippen molar-refractivity contribution in [2.45, 2.75) is 36.6 Å². The molecule has 1 aromatic rings. The van der Waals surface area contributed by atoms with Crippen LogP contribution in [-0.4, -0.2) is 32.7 Å². The molecule has 5 nitrogen and oxygen atoms in total. The van der Waals surface area contributed by atoms with Crippen molar-refractivity contribution in [1.29, 1.82) is 0 Å². The normalized spacial score (nSPS) is 22.2. The van der Waals surface area contributed by atoms with Crippen molar-refractivity contribution in [2.24, 2.45) is 0 Å². The Hall–Kier alpha value is -1.11. The van der Waals surface area contributed by atoms with E-state index in [1.165, 1.54) is 12.1 Å². The summed E-state index contributed by atoms with van der Waals surface area (Å²) in [5, 5.41) is 6.03. The highest BCUT2D eigenvalue weighted by Gasteiger charge is 2.34. The van der Waals surface area contributed by atoms with Gasteiger partial charge in [-0.15, -0.1) is 12.4 Å². The van der Waals surface area contributed by atoms with Crippen molar-refractivity contribution >= 4 is 33.8 Å². The highest BCUT2D eigenvalue weighted by atomic mass is 35.5. The molecule has 1 aliphatic heterocycles. The number of benzene rings is 1. The Kier molecular flexibility index (Phi) is 5.78. The molecule has 1 amide bonds. The van der Waals surface area contributed by atoms with Crippen molar-refractivity contribution in [2.75, 3.05) is 18.1 Å².